The molecule has 0 aliphatic carbocycles. The van der Waals surface area contributed by atoms with Crippen LogP contribution in [0.1, 0.15) is 25.6 Å². The van der Waals surface area contributed by atoms with E-state index >= 15 is 0 Å². The number of hydrogen-bond acceptors (Lipinski definition) is 4. The van der Waals surface area contributed by atoms with Crippen molar-refractivity contribution in [3.8, 4) is 0 Å². The van der Waals surface area contributed by atoms with E-state index in [1.807, 2.05) is 6.20 Å². The first-order valence-corrected chi connectivity index (χ1v) is 5.84. The molecule has 0 aliphatic rings. The van der Waals surface area contributed by atoms with Gasteiger partial charge in [-0.1, -0.05) is 0 Å². The van der Waals surface area contributed by atoms with E-state index in [2.05, 4.69) is 43.0 Å². The molecule has 1 aromatic heterocycles. The number of rotatable bonds is 5. The standard InChI is InChI=1S/C10H19N3S/c1-5-11-10-12-6-9(14-10)7-13(4)8(2)3/h6,8H,5,7H2,1-4H3,(H,11,12). The monoisotopic (exact) mass is 213 g/mol. The first-order valence-electron chi connectivity index (χ1n) is 5.02. The summed E-state index contributed by atoms with van der Waals surface area (Å²) in [5, 5.41) is 4.25. The van der Waals surface area contributed by atoms with Gasteiger partial charge in [0.25, 0.3) is 0 Å². The molecule has 0 unspecified atom stereocenters. The molecule has 1 rings (SSSR count). The maximum absolute atomic E-state index is 4.30. The molecule has 14 heavy (non-hydrogen) atoms. The van der Waals surface area contributed by atoms with Gasteiger partial charge in [0.1, 0.15) is 0 Å². The number of hydrogen-bond donors (Lipinski definition) is 1. The molecule has 80 valence electrons. The lowest BCUT2D eigenvalue weighted by Crippen LogP contribution is -2.25. The maximum Gasteiger partial charge on any atom is 0.182 e. The second-order valence-electron chi connectivity index (χ2n) is 3.67. The quantitative estimate of drug-likeness (QED) is 0.814. The zero-order chi connectivity index (χ0) is 10.6. The summed E-state index contributed by atoms with van der Waals surface area (Å²) in [5.74, 6) is 0. The molecule has 0 radical (unpaired) electrons. The molecular formula is C10H19N3S. The van der Waals surface area contributed by atoms with Gasteiger partial charge >= 0.3 is 0 Å². The Balaban J connectivity index is 2.50. The van der Waals surface area contributed by atoms with Gasteiger partial charge in [-0.25, -0.2) is 4.98 Å². The highest BCUT2D eigenvalue weighted by Gasteiger charge is 2.06. The van der Waals surface area contributed by atoms with Gasteiger partial charge in [0.2, 0.25) is 0 Å². The molecular weight excluding hydrogens is 194 g/mol. The molecule has 4 heteroatoms. The summed E-state index contributed by atoms with van der Waals surface area (Å²) in [6, 6.07) is 0.583. The van der Waals surface area contributed by atoms with Gasteiger partial charge in [-0.15, -0.1) is 11.3 Å². The SMILES string of the molecule is CCNc1ncc(CN(C)C(C)C)s1. The second-order valence-corrected chi connectivity index (χ2v) is 4.79. The lowest BCUT2D eigenvalue weighted by molar-refractivity contribution is 0.268. The fourth-order valence-electron chi connectivity index (χ4n) is 1.04. The minimum Gasteiger partial charge on any atom is -0.362 e. The second kappa shape index (κ2) is 5.32. The Morgan fingerprint density at radius 2 is 2.29 bits per heavy atom. The third-order valence-electron chi connectivity index (χ3n) is 2.17. The predicted octanol–water partition coefficient (Wildman–Crippen LogP) is 2.42. The number of anilines is 1. The van der Waals surface area contributed by atoms with E-state index in [0.29, 0.717) is 6.04 Å². The van der Waals surface area contributed by atoms with Gasteiger partial charge in [0, 0.05) is 30.2 Å². The van der Waals surface area contributed by atoms with Crippen molar-refractivity contribution in [1.29, 1.82) is 0 Å². The summed E-state index contributed by atoms with van der Waals surface area (Å²) in [5.41, 5.74) is 0. The summed E-state index contributed by atoms with van der Waals surface area (Å²) in [6.45, 7) is 8.41. The van der Waals surface area contributed by atoms with Crippen LogP contribution in [0.5, 0.6) is 0 Å². The molecule has 0 atom stereocenters. The third kappa shape index (κ3) is 3.27. The van der Waals surface area contributed by atoms with Crippen LogP contribution in [0.3, 0.4) is 0 Å². The van der Waals surface area contributed by atoms with Crippen LogP contribution in [0, 0.1) is 0 Å². The average molecular weight is 213 g/mol. The van der Waals surface area contributed by atoms with E-state index < -0.39 is 0 Å². The summed E-state index contributed by atoms with van der Waals surface area (Å²) < 4.78 is 0. The van der Waals surface area contributed by atoms with Gasteiger partial charge in [0.15, 0.2) is 5.13 Å². The fourth-order valence-corrected chi connectivity index (χ4v) is 1.99. The van der Waals surface area contributed by atoms with Gasteiger partial charge in [0.05, 0.1) is 0 Å². The summed E-state index contributed by atoms with van der Waals surface area (Å²) in [4.78, 5) is 7.92. The summed E-state index contributed by atoms with van der Waals surface area (Å²) in [6.07, 6.45) is 1.96. The average Bonchev–Trinajstić information content (AvgIpc) is 2.53. The highest BCUT2D eigenvalue weighted by molar-refractivity contribution is 7.15. The van der Waals surface area contributed by atoms with Crippen molar-refractivity contribution in [1.82, 2.24) is 9.88 Å². The molecule has 0 spiro atoms. The molecule has 1 aromatic rings. The lowest BCUT2D eigenvalue weighted by Gasteiger charge is -2.19. The smallest absolute Gasteiger partial charge is 0.182 e. The van der Waals surface area contributed by atoms with E-state index in [9.17, 15) is 0 Å². The van der Waals surface area contributed by atoms with E-state index in [1.54, 1.807) is 11.3 Å². The minimum absolute atomic E-state index is 0.583. The zero-order valence-corrected chi connectivity index (χ0v) is 10.2. The van der Waals surface area contributed by atoms with Crippen molar-refractivity contribution in [3.05, 3.63) is 11.1 Å². The molecule has 1 N–H and O–H groups in total. The zero-order valence-electron chi connectivity index (χ0n) is 9.37. The molecule has 0 aliphatic heterocycles. The number of nitrogens with zero attached hydrogens (tertiary/aromatic N) is 2. The molecule has 0 amide bonds. The van der Waals surface area contributed by atoms with E-state index in [0.717, 1.165) is 18.2 Å². The molecule has 3 nitrogen and oxygen atoms in total. The van der Waals surface area contributed by atoms with E-state index in [-0.39, 0.29) is 0 Å². The van der Waals surface area contributed by atoms with E-state index in [4.69, 9.17) is 0 Å². The topological polar surface area (TPSA) is 28.2 Å². The van der Waals surface area contributed by atoms with Crippen LogP contribution in [-0.2, 0) is 6.54 Å². The summed E-state index contributed by atoms with van der Waals surface area (Å²) >= 11 is 1.74. The highest BCUT2D eigenvalue weighted by atomic mass is 32.1. The Kier molecular flexibility index (Phi) is 4.35. The molecule has 0 saturated heterocycles. The van der Waals surface area contributed by atoms with Crippen LogP contribution in [0.2, 0.25) is 0 Å². The number of aromatic nitrogens is 1. The number of thiazole rings is 1. The Morgan fingerprint density at radius 3 is 2.86 bits per heavy atom. The number of nitrogens with one attached hydrogen (secondary N) is 1. The van der Waals surface area contributed by atoms with Crippen LogP contribution in [0.25, 0.3) is 0 Å². The summed E-state index contributed by atoms with van der Waals surface area (Å²) in [7, 11) is 2.14. The van der Waals surface area contributed by atoms with Gasteiger partial charge in [-0.05, 0) is 27.8 Å². The van der Waals surface area contributed by atoms with Crippen LogP contribution >= 0.6 is 11.3 Å². The first-order chi connectivity index (χ1) is 6.63. The van der Waals surface area contributed by atoms with Gasteiger partial charge < -0.3 is 5.32 Å². The van der Waals surface area contributed by atoms with Gasteiger partial charge in [-0.3, -0.25) is 4.90 Å². The van der Waals surface area contributed by atoms with Crippen LogP contribution in [-0.4, -0.2) is 29.5 Å². The Labute approximate surface area is 90.2 Å². The van der Waals surface area contributed by atoms with Crippen molar-refractivity contribution < 1.29 is 0 Å². The normalized spacial score (nSPS) is 11.3. The molecule has 0 fully saturated rings. The Bertz CT molecular complexity index is 270. The highest BCUT2D eigenvalue weighted by Crippen LogP contribution is 2.19. The Hall–Kier alpha value is -0.610. The van der Waals surface area contributed by atoms with Gasteiger partial charge in [-0.2, -0.15) is 0 Å². The fraction of sp³-hybridized carbons (Fsp3) is 0.700. The van der Waals surface area contributed by atoms with Crippen molar-refractivity contribution >= 4 is 16.5 Å². The molecule has 0 aromatic carbocycles. The van der Waals surface area contributed by atoms with Crippen LogP contribution < -0.4 is 5.32 Å². The lowest BCUT2D eigenvalue weighted by atomic mass is 10.3. The first kappa shape index (κ1) is 11.5. The molecule has 0 bridgehead atoms. The van der Waals surface area contributed by atoms with E-state index in [1.165, 1.54) is 4.88 Å². The third-order valence-corrected chi connectivity index (χ3v) is 3.11. The molecule has 0 saturated carbocycles. The predicted molar refractivity (Wildman–Crippen MR) is 62.9 cm³/mol. The van der Waals surface area contributed by atoms with Crippen molar-refractivity contribution in [3.63, 3.8) is 0 Å². The van der Waals surface area contributed by atoms with Crippen molar-refractivity contribution in [2.24, 2.45) is 0 Å². The maximum atomic E-state index is 4.30. The Morgan fingerprint density at radius 1 is 1.57 bits per heavy atom. The van der Waals surface area contributed by atoms with Crippen LogP contribution in [0.15, 0.2) is 6.20 Å². The van der Waals surface area contributed by atoms with Crippen LogP contribution in [0.4, 0.5) is 5.13 Å². The van der Waals surface area contributed by atoms with Crippen molar-refractivity contribution in [2.75, 3.05) is 18.9 Å². The van der Waals surface area contributed by atoms with Crippen molar-refractivity contribution in [2.45, 2.75) is 33.4 Å². The minimum atomic E-state index is 0.583. The molecule has 1 heterocycles. The largest absolute Gasteiger partial charge is 0.362 e.